The van der Waals surface area contributed by atoms with E-state index in [2.05, 4.69) is 16.2 Å². The molecule has 0 aliphatic rings. The first kappa shape index (κ1) is 13.7. The maximum Gasteiger partial charge on any atom is 0.257 e. The van der Waals surface area contributed by atoms with Crippen molar-refractivity contribution < 1.29 is 14.4 Å². The van der Waals surface area contributed by atoms with Crippen molar-refractivity contribution in [2.45, 2.75) is 13.8 Å². The van der Waals surface area contributed by atoms with Crippen LogP contribution in [0, 0.1) is 6.92 Å². The van der Waals surface area contributed by atoms with Gasteiger partial charge in [0, 0.05) is 12.5 Å². The fraction of sp³-hybridized carbons (Fsp3) is 0.250. The van der Waals surface area contributed by atoms with E-state index >= 15 is 0 Å². The molecule has 6 heteroatoms. The smallest absolute Gasteiger partial charge is 0.257 e. The molecule has 0 radical (unpaired) electrons. The lowest BCUT2D eigenvalue weighted by Gasteiger charge is -2.07. The monoisotopic (exact) mass is 249 g/mol. The lowest BCUT2D eigenvalue weighted by molar-refractivity contribution is -0.127. The predicted octanol–water partition coefficient (Wildman–Crippen LogP) is -0.108. The third-order valence-electron chi connectivity index (χ3n) is 2.07. The number of hydrogen-bond donors (Lipinski definition) is 3. The fourth-order valence-electron chi connectivity index (χ4n) is 1.25. The zero-order valence-electron chi connectivity index (χ0n) is 10.2. The second-order valence-corrected chi connectivity index (χ2v) is 3.78. The highest BCUT2D eigenvalue weighted by Crippen LogP contribution is 2.03. The molecule has 1 aromatic rings. The van der Waals surface area contributed by atoms with Gasteiger partial charge in [0.25, 0.3) is 11.8 Å². The zero-order valence-corrected chi connectivity index (χ0v) is 10.2. The predicted molar refractivity (Wildman–Crippen MR) is 65.5 cm³/mol. The molecule has 3 amide bonds. The van der Waals surface area contributed by atoms with Crippen LogP contribution in [-0.2, 0) is 9.59 Å². The maximum absolute atomic E-state index is 11.7. The topological polar surface area (TPSA) is 87.3 Å². The molecule has 0 saturated carbocycles. The number of aryl methyl sites for hydroxylation is 1. The molecule has 0 heterocycles. The molecule has 0 aliphatic carbocycles. The van der Waals surface area contributed by atoms with Crippen LogP contribution in [0.4, 0.5) is 0 Å². The summed E-state index contributed by atoms with van der Waals surface area (Å²) in [6, 6.07) is 7.02. The Kier molecular flexibility index (Phi) is 4.86. The number of hydrazine groups is 1. The Bertz CT molecular complexity index is 471. The van der Waals surface area contributed by atoms with Gasteiger partial charge in [-0.2, -0.15) is 0 Å². The maximum atomic E-state index is 11.7. The fourth-order valence-corrected chi connectivity index (χ4v) is 1.25. The third kappa shape index (κ3) is 4.65. The van der Waals surface area contributed by atoms with Gasteiger partial charge in [0.1, 0.15) is 0 Å². The van der Waals surface area contributed by atoms with Crippen molar-refractivity contribution in [3.63, 3.8) is 0 Å². The number of carbonyl (C=O) groups is 3. The van der Waals surface area contributed by atoms with Crippen LogP contribution in [0.15, 0.2) is 24.3 Å². The molecule has 0 bridgehead atoms. The van der Waals surface area contributed by atoms with Crippen LogP contribution >= 0.6 is 0 Å². The van der Waals surface area contributed by atoms with Crippen molar-refractivity contribution in [3.05, 3.63) is 35.4 Å². The molecular weight excluding hydrogens is 234 g/mol. The SMILES string of the molecule is CC(=O)NNC(=O)CNC(=O)c1cccc(C)c1. The van der Waals surface area contributed by atoms with Crippen LogP contribution in [0.5, 0.6) is 0 Å². The van der Waals surface area contributed by atoms with E-state index < -0.39 is 5.91 Å². The van der Waals surface area contributed by atoms with Crippen LogP contribution in [-0.4, -0.2) is 24.3 Å². The molecule has 0 aromatic heterocycles. The minimum Gasteiger partial charge on any atom is -0.343 e. The Balaban J connectivity index is 2.42. The Morgan fingerprint density at radius 1 is 1.17 bits per heavy atom. The Morgan fingerprint density at radius 3 is 2.50 bits per heavy atom. The van der Waals surface area contributed by atoms with E-state index in [-0.39, 0.29) is 18.4 Å². The van der Waals surface area contributed by atoms with Crippen LogP contribution in [0.3, 0.4) is 0 Å². The van der Waals surface area contributed by atoms with Crippen molar-refractivity contribution in [3.8, 4) is 0 Å². The molecule has 96 valence electrons. The lowest BCUT2D eigenvalue weighted by atomic mass is 10.1. The number of rotatable bonds is 3. The minimum absolute atomic E-state index is 0.201. The van der Waals surface area contributed by atoms with E-state index in [1.165, 1.54) is 6.92 Å². The van der Waals surface area contributed by atoms with E-state index in [0.717, 1.165) is 5.56 Å². The summed E-state index contributed by atoms with van der Waals surface area (Å²) in [7, 11) is 0. The van der Waals surface area contributed by atoms with Crippen molar-refractivity contribution in [1.29, 1.82) is 0 Å². The van der Waals surface area contributed by atoms with Gasteiger partial charge in [0.15, 0.2) is 0 Å². The average molecular weight is 249 g/mol. The number of carbonyl (C=O) groups excluding carboxylic acids is 3. The highest BCUT2D eigenvalue weighted by atomic mass is 16.2. The van der Waals surface area contributed by atoms with Gasteiger partial charge in [0.2, 0.25) is 5.91 Å². The molecule has 1 aromatic carbocycles. The van der Waals surface area contributed by atoms with E-state index in [1.54, 1.807) is 18.2 Å². The molecule has 0 spiro atoms. The molecule has 0 saturated heterocycles. The van der Waals surface area contributed by atoms with Gasteiger partial charge in [0.05, 0.1) is 6.54 Å². The molecular formula is C12H15N3O3. The summed E-state index contributed by atoms with van der Waals surface area (Å²) < 4.78 is 0. The largest absolute Gasteiger partial charge is 0.343 e. The summed E-state index contributed by atoms with van der Waals surface area (Å²) in [4.78, 5) is 33.4. The quantitative estimate of drug-likeness (QED) is 0.653. The highest BCUT2D eigenvalue weighted by molar-refractivity contribution is 5.96. The molecule has 0 aliphatic heterocycles. The first-order valence-corrected chi connectivity index (χ1v) is 5.39. The molecule has 0 atom stereocenters. The van der Waals surface area contributed by atoms with Gasteiger partial charge in [-0.05, 0) is 19.1 Å². The van der Waals surface area contributed by atoms with E-state index in [1.807, 2.05) is 13.0 Å². The van der Waals surface area contributed by atoms with Crippen LogP contribution in [0.2, 0.25) is 0 Å². The van der Waals surface area contributed by atoms with Gasteiger partial charge in [-0.3, -0.25) is 25.2 Å². The number of hydrogen-bond acceptors (Lipinski definition) is 3. The van der Waals surface area contributed by atoms with Gasteiger partial charge in [-0.15, -0.1) is 0 Å². The highest BCUT2D eigenvalue weighted by Gasteiger charge is 2.07. The van der Waals surface area contributed by atoms with Crippen molar-refractivity contribution >= 4 is 17.7 Å². The molecule has 0 fully saturated rings. The van der Waals surface area contributed by atoms with Crippen LogP contribution < -0.4 is 16.2 Å². The molecule has 6 nitrogen and oxygen atoms in total. The Hall–Kier alpha value is -2.37. The summed E-state index contributed by atoms with van der Waals surface area (Å²) in [6.45, 7) is 2.94. The van der Waals surface area contributed by atoms with Crippen molar-refractivity contribution in [1.82, 2.24) is 16.2 Å². The first-order valence-electron chi connectivity index (χ1n) is 5.39. The zero-order chi connectivity index (χ0) is 13.5. The first-order chi connectivity index (χ1) is 8.49. The van der Waals surface area contributed by atoms with Gasteiger partial charge in [-0.1, -0.05) is 17.7 Å². The summed E-state index contributed by atoms with van der Waals surface area (Å²) in [5, 5.41) is 2.45. The number of benzene rings is 1. The minimum atomic E-state index is -0.494. The van der Waals surface area contributed by atoms with Gasteiger partial charge < -0.3 is 5.32 Å². The average Bonchev–Trinajstić information content (AvgIpc) is 2.33. The third-order valence-corrected chi connectivity index (χ3v) is 2.07. The normalized spacial score (nSPS) is 9.44. The second kappa shape index (κ2) is 6.39. The van der Waals surface area contributed by atoms with Gasteiger partial charge in [-0.25, -0.2) is 0 Å². The summed E-state index contributed by atoms with van der Waals surface area (Å²) in [5.74, 6) is -1.21. The lowest BCUT2D eigenvalue weighted by Crippen LogP contribution is -2.45. The number of nitrogens with one attached hydrogen (secondary N) is 3. The molecule has 1 rings (SSSR count). The Labute approximate surface area is 105 Å². The molecule has 0 unspecified atom stereocenters. The molecule has 3 N–H and O–H groups in total. The number of amides is 3. The molecule has 18 heavy (non-hydrogen) atoms. The van der Waals surface area contributed by atoms with E-state index in [4.69, 9.17) is 0 Å². The Morgan fingerprint density at radius 2 is 1.89 bits per heavy atom. The van der Waals surface area contributed by atoms with Gasteiger partial charge >= 0.3 is 0 Å². The van der Waals surface area contributed by atoms with E-state index in [0.29, 0.717) is 5.56 Å². The second-order valence-electron chi connectivity index (χ2n) is 3.78. The van der Waals surface area contributed by atoms with E-state index in [9.17, 15) is 14.4 Å². The standard InChI is InChI=1S/C12H15N3O3/c1-8-4-3-5-10(6-8)12(18)13-7-11(17)15-14-9(2)16/h3-6H,7H2,1-2H3,(H,13,18)(H,14,16)(H,15,17). The summed E-state index contributed by atoms with van der Waals surface area (Å²) in [6.07, 6.45) is 0. The summed E-state index contributed by atoms with van der Waals surface area (Å²) in [5.41, 5.74) is 5.73. The van der Waals surface area contributed by atoms with Crippen LogP contribution in [0.1, 0.15) is 22.8 Å². The summed E-state index contributed by atoms with van der Waals surface area (Å²) >= 11 is 0. The van der Waals surface area contributed by atoms with Crippen molar-refractivity contribution in [2.24, 2.45) is 0 Å². The van der Waals surface area contributed by atoms with Crippen LogP contribution in [0.25, 0.3) is 0 Å². The van der Waals surface area contributed by atoms with Crippen molar-refractivity contribution in [2.75, 3.05) is 6.54 Å².